The van der Waals surface area contributed by atoms with E-state index in [9.17, 15) is 13.6 Å². The van der Waals surface area contributed by atoms with Crippen molar-refractivity contribution in [1.82, 2.24) is 15.4 Å². The maximum atomic E-state index is 13.3. The molecule has 0 aromatic heterocycles. The van der Waals surface area contributed by atoms with Gasteiger partial charge in [-0.1, -0.05) is 42.0 Å². The number of carbonyl (C=O) groups is 1. The van der Waals surface area contributed by atoms with Crippen LogP contribution in [0.1, 0.15) is 56.1 Å². The SMILES string of the molecule is CNC(=S)C(CC(=O)NC12CC3CC(CC(C3)C1)C2)(NS(=O)[O-])c1ccc(C)cc1. The van der Waals surface area contributed by atoms with Crippen LogP contribution < -0.4 is 15.4 Å². The highest BCUT2D eigenvalue weighted by Crippen LogP contribution is 2.55. The summed E-state index contributed by atoms with van der Waals surface area (Å²) in [4.78, 5) is 13.6. The second kappa shape index (κ2) is 8.30. The van der Waals surface area contributed by atoms with Gasteiger partial charge in [0.2, 0.25) is 5.91 Å². The molecule has 0 radical (unpaired) electrons. The van der Waals surface area contributed by atoms with E-state index in [2.05, 4.69) is 15.4 Å². The molecule has 2 atom stereocenters. The van der Waals surface area contributed by atoms with Crippen molar-refractivity contribution >= 4 is 34.4 Å². The molecule has 4 aliphatic carbocycles. The number of amides is 1. The standard InChI is InChI=1S/C22H31N3O3S2/c1-14-3-5-18(6-4-14)22(20(29)23-2,25-30(27)28)13-19(26)24-21-10-15-7-16(11-21)9-17(8-15)12-21/h3-6,15-17,25H,7-13H2,1-2H3,(H,23,29)(H,24,26)(H,27,28)/p-1. The zero-order valence-electron chi connectivity index (χ0n) is 17.5. The van der Waals surface area contributed by atoms with Crippen molar-refractivity contribution in [3.63, 3.8) is 0 Å². The Morgan fingerprint density at radius 3 is 2.17 bits per heavy atom. The van der Waals surface area contributed by atoms with Crippen LogP contribution in [0.25, 0.3) is 0 Å². The molecule has 5 rings (SSSR count). The Hall–Kier alpha value is -1.35. The largest absolute Gasteiger partial charge is 0.760 e. The molecule has 0 spiro atoms. The molecule has 1 aromatic rings. The molecular formula is C22H30N3O3S2-. The van der Waals surface area contributed by atoms with Crippen LogP contribution in [0.4, 0.5) is 0 Å². The average Bonchev–Trinajstić information content (AvgIpc) is 2.65. The van der Waals surface area contributed by atoms with Crippen molar-refractivity contribution in [2.24, 2.45) is 17.8 Å². The van der Waals surface area contributed by atoms with Crippen molar-refractivity contribution in [3.05, 3.63) is 35.4 Å². The third-order valence-corrected chi connectivity index (χ3v) is 8.35. The monoisotopic (exact) mass is 448 g/mol. The number of thiocarbonyl (C=S) groups is 1. The van der Waals surface area contributed by atoms with E-state index in [1.165, 1.54) is 19.3 Å². The molecule has 0 saturated heterocycles. The van der Waals surface area contributed by atoms with Gasteiger partial charge in [0.15, 0.2) is 0 Å². The average molecular weight is 449 g/mol. The fourth-order valence-corrected chi connectivity index (χ4v) is 7.38. The van der Waals surface area contributed by atoms with Gasteiger partial charge in [-0.15, -0.1) is 0 Å². The third-order valence-electron chi connectivity index (χ3n) is 7.29. The smallest absolute Gasteiger partial charge is 0.223 e. The van der Waals surface area contributed by atoms with E-state index in [1.54, 1.807) is 7.05 Å². The number of nitrogens with one attached hydrogen (secondary N) is 3. The minimum Gasteiger partial charge on any atom is -0.760 e. The number of benzene rings is 1. The van der Waals surface area contributed by atoms with E-state index < -0.39 is 16.8 Å². The van der Waals surface area contributed by atoms with E-state index in [0.717, 1.165) is 24.8 Å². The van der Waals surface area contributed by atoms with Gasteiger partial charge in [0, 0.05) is 23.9 Å². The fourth-order valence-electron chi connectivity index (χ4n) is 6.49. The normalized spacial score (nSPS) is 32.3. The predicted octanol–water partition coefficient (Wildman–Crippen LogP) is 2.60. The van der Waals surface area contributed by atoms with Crippen LogP contribution in [0, 0.1) is 24.7 Å². The summed E-state index contributed by atoms with van der Waals surface area (Å²) in [5.74, 6) is 1.98. The minimum absolute atomic E-state index is 0.0779. The summed E-state index contributed by atoms with van der Waals surface area (Å²) >= 11 is 2.93. The summed E-state index contributed by atoms with van der Waals surface area (Å²) in [5, 5.41) is 6.25. The van der Waals surface area contributed by atoms with E-state index in [4.69, 9.17) is 12.2 Å². The maximum Gasteiger partial charge on any atom is 0.223 e. The Kier molecular flexibility index (Phi) is 6.05. The van der Waals surface area contributed by atoms with Crippen molar-refractivity contribution in [2.75, 3.05) is 7.05 Å². The first-order valence-corrected chi connectivity index (χ1v) is 12.2. The molecule has 1 amide bonds. The molecule has 6 nitrogen and oxygen atoms in total. The highest BCUT2D eigenvalue weighted by atomic mass is 32.2. The molecule has 0 heterocycles. The summed E-state index contributed by atoms with van der Waals surface area (Å²) in [6.07, 6.45) is 6.93. The van der Waals surface area contributed by atoms with Crippen molar-refractivity contribution in [2.45, 2.75) is 62.9 Å². The zero-order valence-corrected chi connectivity index (χ0v) is 19.2. The fraction of sp³-hybridized carbons (Fsp3) is 0.636. The Morgan fingerprint density at radius 1 is 1.17 bits per heavy atom. The van der Waals surface area contributed by atoms with Gasteiger partial charge in [0.1, 0.15) is 10.5 Å². The summed E-state index contributed by atoms with van der Waals surface area (Å²) in [6.45, 7) is 1.96. The van der Waals surface area contributed by atoms with E-state index in [1.807, 2.05) is 31.2 Å². The highest BCUT2D eigenvalue weighted by Gasteiger charge is 2.52. The first-order valence-electron chi connectivity index (χ1n) is 10.7. The first kappa shape index (κ1) is 21.9. The first-order chi connectivity index (χ1) is 14.2. The van der Waals surface area contributed by atoms with Crippen LogP contribution in [-0.2, 0) is 21.6 Å². The van der Waals surface area contributed by atoms with E-state index in [-0.39, 0.29) is 22.9 Å². The molecular weight excluding hydrogens is 418 g/mol. The van der Waals surface area contributed by atoms with Crippen LogP contribution >= 0.6 is 12.2 Å². The summed E-state index contributed by atoms with van der Waals surface area (Å²) < 4.78 is 26.0. The van der Waals surface area contributed by atoms with Gasteiger partial charge in [-0.3, -0.25) is 9.00 Å². The van der Waals surface area contributed by atoms with Crippen molar-refractivity contribution in [3.8, 4) is 0 Å². The topological polar surface area (TPSA) is 93.3 Å². The van der Waals surface area contributed by atoms with Crippen molar-refractivity contribution in [1.29, 1.82) is 0 Å². The Morgan fingerprint density at radius 2 is 1.70 bits per heavy atom. The maximum absolute atomic E-state index is 13.3. The van der Waals surface area contributed by atoms with E-state index >= 15 is 0 Å². The second-order valence-electron chi connectivity index (χ2n) is 9.61. The third kappa shape index (κ3) is 4.20. The molecule has 4 saturated carbocycles. The lowest BCUT2D eigenvalue weighted by molar-refractivity contribution is -0.127. The van der Waals surface area contributed by atoms with Gasteiger partial charge in [-0.25, -0.2) is 4.72 Å². The lowest BCUT2D eigenvalue weighted by Crippen LogP contribution is -2.62. The number of hydrogen-bond donors (Lipinski definition) is 3. The quantitative estimate of drug-likeness (QED) is 0.440. The number of aryl methyl sites for hydroxylation is 1. The number of likely N-dealkylation sites (N-methyl/N-ethyl adjacent to an activating group) is 1. The molecule has 0 aliphatic heterocycles. The summed E-state index contributed by atoms with van der Waals surface area (Å²) in [6, 6.07) is 7.46. The van der Waals surface area contributed by atoms with Crippen LogP contribution in [0.5, 0.6) is 0 Å². The molecule has 1 aromatic carbocycles. The number of hydrogen-bond acceptors (Lipinski definition) is 4. The molecule has 2 unspecified atom stereocenters. The zero-order chi connectivity index (χ0) is 21.5. The molecule has 3 N–H and O–H groups in total. The van der Waals surface area contributed by atoms with Gasteiger partial charge < -0.3 is 15.2 Å². The molecule has 164 valence electrons. The Balaban J connectivity index is 1.61. The molecule has 4 aliphatic rings. The molecule has 4 bridgehead atoms. The van der Waals surface area contributed by atoms with Crippen LogP contribution in [-0.4, -0.2) is 32.2 Å². The highest BCUT2D eigenvalue weighted by molar-refractivity contribution is 7.80. The minimum atomic E-state index is -2.60. The van der Waals surface area contributed by atoms with Crippen LogP contribution in [0.3, 0.4) is 0 Å². The van der Waals surface area contributed by atoms with Gasteiger partial charge in [0.25, 0.3) is 0 Å². The molecule has 30 heavy (non-hydrogen) atoms. The van der Waals surface area contributed by atoms with Crippen LogP contribution in [0.2, 0.25) is 0 Å². The predicted molar refractivity (Wildman–Crippen MR) is 120 cm³/mol. The number of rotatable bonds is 7. The molecule has 8 heteroatoms. The lowest BCUT2D eigenvalue weighted by atomic mass is 9.53. The van der Waals surface area contributed by atoms with Crippen molar-refractivity contribution < 1.29 is 13.6 Å². The van der Waals surface area contributed by atoms with E-state index in [0.29, 0.717) is 23.3 Å². The number of carbonyl (C=O) groups excluding carboxylic acids is 1. The molecule has 4 fully saturated rings. The van der Waals surface area contributed by atoms with Gasteiger partial charge in [-0.05, 0) is 68.8 Å². The van der Waals surface area contributed by atoms with Gasteiger partial charge in [0.05, 0.1) is 6.42 Å². The van der Waals surface area contributed by atoms with Crippen LogP contribution in [0.15, 0.2) is 24.3 Å². The lowest BCUT2D eigenvalue weighted by Gasteiger charge is -2.57. The van der Waals surface area contributed by atoms with Gasteiger partial charge >= 0.3 is 0 Å². The Bertz CT molecular complexity index is 822. The summed E-state index contributed by atoms with van der Waals surface area (Å²) in [5.41, 5.74) is 0.237. The summed E-state index contributed by atoms with van der Waals surface area (Å²) in [7, 11) is 1.65. The van der Waals surface area contributed by atoms with Gasteiger partial charge in [-0.2, -0.15) is 0 Å². The second-order valence-corrected chi connectivity index (χ2v) is 10.7. The Labute approximate surface area is 186 Å².